The van der Waals surface area contributed by atoms with Gasteiger partial charge in [0.1, 0.15) is 0 Å². The van der Waals surface area contributed by atoms with Crippen LogP contribution < -0.4 is 11.3 Å². The molecule has 0 atom stereocenters. The summed E-state index contributed by atoms with van der Waals surface area (Å²) in [6, 6.07) is 0.603. The maximum absolute atomic E-state index is 5.43. The molecule has 0 aromatic rings. The highest BCUT2D eigenvalue weighted by atomic mass is 16.5. The van der Waals surface area contributed by atoms with E-state index in [2.05, 4.69) is 15.3 Å². The van der Waals surface area contributed by atoms with Crippen molar-refractivity contribution in [3.63, 3.8) is 0 Å². The number of nitrogens with two attached hydrogens (primary N) is 1. The van der Waals surface area contributed by atoms with E-state index in [4.69, 9.17) is 10.6 Å². The minimum Gasteiger partial charge on any atom is -0.383 e. The molecule has 0 unspecified atom stereocenters. The van der Waals surface area contributed by atoms with Gasteiger partial charge in [-0.3, -0.25) is 10.4 Å². The van der Waals surface area contributed by atoms with E-state index in [9.17, 15) is 0 Å². The summed E-state index contributed by atoms with van der Waals surface area (Å²) in [5.41, 5.74) is 2.65. The van der Waals surface area contributed by atoms with Gasteiger partial charge in [-0.1, -0.05) is 0 Å². The zero-order valence-electron chi connectivity index (χ0n) is 8.99. The fourth-order valence-electron chi connectivity index (χ4n) is 1.41. The van der Waals surface area contributed by atoms with Crippen LogP contribution >= 0.6 is 0 Å². The summed E-state index contributed by atoms with van der Waals surface area (Å²) in [7, 11) is 1.71. The fourth-order valence-corrected chi connectivity index (χ4v) is 1.41. The van der Waals surface area contributed by atoms with Crippen molar-refractivity contribution in [1.82, 2.24) is 10.3 Å². The summed E-state index contributed by atoms with van der Waals surface area (Å²) < 4.78 is 5.06. The van der Waals surface area contributed by atoms with Crippen LogP contribution in [0.4, 0.5) is 0 Å². The van der Waals surface area contributed by atoms with E-state index in [1.54, 1.807) is 7.11 Å². The van der Waals surface area contributed by atoms with E-state index in [0.29, 0.717) is 12.6 Å². The van der Waals surface area contributed by atoms with Crippen LogP contribution in [0, 0.1) is 0 Å². The lowest BCUT2D eigenvalue weighted by atomic mass is 10.5. The molecule has 1 aliphatic rings. The van der Waals surface area contributed by atoms with Crippen LogP contribution in [0.3, 0.4) is 0 Å². The predicted molar refractivity (Wildman–Crippen MR) is 56.9 cm³/mol. The highest BCUT2D eigenvalue weighted by Crippen LogP contribution is 2.26. The van der Waals surface area contributed by atoms with Crippen molar-refractivity contribution in [2.45, 2.75) is 25.8 Å². The summed E-state index contributed by atoms with van der Waals surface area (Å²) in [5.74, 6) is 6.22. The zero-order chi connectivity index (χ0) is 10.4. The van der Waals surface area contributed by atoms with Crippen LogP contribution in [0.15, 0.2) is 4.99 Å². The van der Waals surface area contributed by atoms with Gasteiger partial charge < -0.3 is 9.64 Å². The Kier molecular flexibility index (Phi) is 4.69. The fraction of sp³-hybridized carbons (Fsp3) is 0.889. The molecule has 0 heterocycles. The Morgan fingerprint density at radius 3 is 2.79 bits per heavy atom. The average molecular weight is 200 g/mol. The van der Waals surface area contributed by atoms with Gasteiger partial charge in [-0.2, -0.15) is 0 Å². The molecule has 1 saturated carbocycles. The minimum absolute atomic E-state index is 0.603. The molecule has 0 radical (unpaired) electrons. The third-order valence-corrected chi connectivity index (χ3v) is 2.23. The van der Waals surface area contributed by atoms with Crippen LogP contribution in [-0.2, 0) is 4.74 Å². The molecule has 1 aliphatic carbocycles. The van der Waals surface area contributed by atoms with Gasteiger partial charge in [0.05, 0.1) is 6.61 Å². The Balaban J connectivity index is 2.50. The first-order valence-corrected chi connectivity index (χ1v) is 5.10. The van der Waals surface area contributed by atoms with Gasteiger partial charge in [0.2, 0.25) is 5.96 Å². The van der Waals surface area contributed by atoms with Crippen LogP contribution in [0.25, 0.3) is 0 Å². The monoisotopic (exact) mass is 200 g/mol. The van der Waals surface area contributed by atoms with Gasteiger partial charge >= 0.3 is 0 Å². The highest BCUT2D eigenvalue weighted by molar-refractivity contribution is 5.80. The molecule has 0 aromatic heterocycles. The van der Waals surface area contributed by atoms with E-state index < -0.39 is 0 Å². The number of guanidine groups is 1. The number of methoxy groups -OCH3 is 1. The van der Waals surface area contributed by atoms with Crippen molar-refractivity contribution in [2.24, 2.45) is 10.8 Å². The molecule has 1 fully saturated rings. The first-order chi connectivity index (χ1) is 6.83. The van der Waals surface area contributed by atoms with Gasteiger partial charge in [-0.25, -0.2) is 5.84 Å². The van der Waals surface area contributed by atoms with Crippen LogP contribution in [0.5, 0.6) is 0 Å². The standard InChI is InChI=1S/C9H20N4O/c1-3-11-9(12-10)13(6-7-14-2)8-4-5-8/h8H,3-7,10H2,1-2H3,(H,11,12). The van der Waals surface area contributed by atoms with Gasteiger partial charge in [-0.15, -0.1) is 0 Å². The Morgan fingerprint density at radius 2 is 2.36 bits per heavy atom. The lowest BCUT2D eigenvalue weighted by Crippen LogP contribution is -2.47. The van der Waals surface area contributed by atoms with Crippen LogP contribution in [0.2, 0.25) is 0 Å². The Bertz CT molecular complexity index is 191. The van der Waals surface area contributed by atoms with E-state index in [0.717, 1.165) is 19.0 Å². The third-order valence-electron chi connectivity index (χ3n) is 2.23. The molecule has 0 amide bonds. The van der Waals surface area contributed by atoms with Crippen molar-refractivity contribution in [1.29, 1.82) is 0 Å². The zero-order valence-corrected chi connectivity index (χ0v) is 8.99. The van der Waals surface area contributed by atoms with Crippen molar-refractivity contribution < 1.29 is 4.74 Å². The SMILES string of the molecule is CCN=C(NN)N(CCOC)C1CC1. The van der Waals surface area contributed by atoms with Crippen molar-refractivity contribution >= 4 is 5.96 Å². The minimum atomic E-state index is 0.603. The Morgan fingerprint density at radius 1 is 1.64 bits per heavy atom. The lowest BCUT2D eigenvalue weighted by molar-refractivity contribution is 0.172. The number of ether oxygens (including phenoxy) is 1. The van der Waals surface area contributed by atoms with Crippen molar-refractivity contribution in [3.8, 4) is 0 Å². The van der Waals surface area contributed by atoms with E-state index in [1.165, 1.54) is 12.8 Å². The third kappa shape index (κ3) is 3.16. The second-order valence-corrected chi connectivity index (χ2v) is 3.36. The summed E-state index contributed by atoms with van der Waals surface area (Å²) in [6.45, 7) is 4.31. The number of rotatable bonds is 5. The van der Waals surface area contributed by atoms with Gasteiger partial charge in [0.25, 0.3) is 0 Å². The quantitative estimate of drug-likeness (QED) is 0.282. The molecule has 5 heteroatoms. The van der Waals surface area contributed by atoms with Gasteiger partial charge in [0, 0.05) is 26.2 Å². The van der Waals surface area contributed by atoms with E-state index in [-0.39, 0.29) is 0 Å². The van der Waals surface area contributed by atoms with Gasteiger partial charge in [0.15, 0.2) is 0 Å². The largest absolute Gasteiger partial charge is 0.383 e. The number of hydrazine groups is 1. The number of hydrogen-bond donors (Lipinski definition) is 2. The number of hydrogen-bond acceptors (Lipinski definition) is 3. The lowest BCUT2D eigenvalue weighted by Gasteiger charge is -2.24. The van der Waals surface area contributed by atoms with Crippen LogP contribution in [0.1, 0.15) is 19.8 Å². The molecule has 82 valence electrons. The summed E-state index contributed by atoms with van der Waals surface area (Å²) in [5, 5.41) is 0. The highest BCUT2D eigenvalue weighted by Gasteiger charge is 2.30. The number of nitrogens with one attached hydrogen (secondary N) is 1. The molecular formula is C9H20N4O. The smallest absolute Gasteiger partial charge is 0.208 e. The average Bonchev–Trinajstić information content (AvgIpc) is 3.00. The van der Waals surface area contributed by atoms with E-state index in [1.807, 2.05) is 6.92 Å². The Hall–Kier alpha value is -0.810. The van der Waals surface area contributed by atoms with E-state index >= 15 is 0 Å². The molecule has 1 rings (SSSR count). The Labute approximate surface area is 85.3 Å². The van der Waals surface area contributed by atoms with Crippen LogP contribution in [-0.4, -0.2) is 43.7 Å². The summed E-state index contributed by atoms with van der Waals surface area (Å²) in [4.78, 5) is 6.50. The molecule has 0 aromatic carbocycles. The molecular weight excluding hydrogens is 180 g/mol. The molecule has 0 saturated heterocycles. The molecule has 3 N–H and O–H groups in total. The topological polar surface area (TPSA) is 62.9 Å². The molecule has 0 aliphatic heterocycles. The number of nitrogens with zero attached hydrogens (tertiary/aromatic N) is 2. The second-order valence-electron chi connectivity index (χ2n) is 3.36. The normalized spacial score (nSPS) is 16.9. The summed E-state index contributed by atoms with van der Waals surface area (Å²) in [6.07, 6.45) is 2.46. The second kappa shape index (κ2) is 5.82. The van der Waals surface area contributed by atoms with Crippen molar-refractivity contribution in [3.05, 3.63) is 0 Å². The maximum Gasteiger partial charge on any atom is 0.208 e. The predicted octanol–water partition coefficient (Wildman–Crippen LogP) is -0.0636. The molecule has 5 nitrogen and oxygen atoms in total. The molecule has 0 bridgehead atoms. The first kappa shape index (κ1) is 11.3. The maximum atomic E-state index is 5.43. The summed E-state index contributed by atoms with van der Waals surface area (Å²) >= 11 is 0. The molecule has 14 heavy (non-hydrogen) atoms. The molecule has 0 spiro atoms. The number of aliphatic imine (C=N–C) groups is 1. The van der Waals surface area contributed by atoms with Gasteiger partial charge in [-0.05, 0) is 19.8 Å². The first-order valence-electron chi connectivity index (χ1n) is 5.10. The van der Waals surface area contributed by atoms with Crippen molar-refractivity contribution in [2.75, 3.05) is 26.8 Å².